The van der Waals surface area contributed by atoms with Crippen molar-refractivity contribution in [2.45, 2.75) is 37.2 Å². The molecular weight excluding hydrogens is 360 g/mol. The Labute approximate surface area is 162 Å². The first-order valence-electron chi connectivity index (χ1n) is 8.98. The van der Waals surface area contributed by atoms with Crippen molar-refractivity contribution in [1.29, 1.82) is 0 Å². The molecule has 0 heterocycles. The standard InChI is InChI=1S/C20H28N4O2S/c1-16(9-10-17-7-5-4-6-8-17)24-20(21-2)23-15-18-11-13-19(14-12-18)27(25,26)22-3/h4-8,11-14,16,22H,9-10,15H2,1-3H3,(H2,21,23,24). The molecule has 0 saturated carbocycles. The van der Waals surface area contributed by atoms with E-state index in [0.29, 0.717) is 6.54 Å². The molecule has 0 spiro atoms. The van der Waals surface area contributed by atoms with Crippen LogP contribution >= 0.6 is 0 Å². The summed E-state index contributed by atoms with van der Waals surface area (Å²) in [6.45, 7) is 2.69. The summed E-state index contributed by atoms with van der Waals surface area (Å²) in [4.78, 5) is 4.51. The Hall–Kier alpha value is -2.38. The van der Waals surface area contributed by atoms with Crippen LogP contribution in [0.25, 0.3) is 0 Å². The van der Waals surface area contributed by atoms with Crippen molar-refractivity contribution in [2.24, 2.45) is 4.99 Å². The summed E-state index contributed by atoms with van der Waals surface area (Å²) in [6.07, 6.45) is 2.01. The summed E-state index contributed by atoms with van der Waals surface area (Å²) < 4.78 is 25.8. The molecule has 0 fully saturated rings. The Kier molecular flexibility index (Phi) is 7.82. The maximum atomic E-state index is 11.8. The zero-order chi connectivity index (χ0) is 19.7. The van der Waals surface area contributed by atoms with Gasteiger partial charge in [0.15, 0.2) is 5.96 Å². The van der Waals surface area contributed by atoms with Crippen LogP contribution in [-0.4, -0.2) is 34.5 Å². The number of hydrogen-bond acceptors (Lipinski definition) is 3. The lowest BCUT2D eigenvalue weighted by molar-refractivity contribution is 0.588. The molecule has 2 aromatic rings. The minimum absolute atomic E-state index is 0.255. The van der Waals surface area contributed by atoms with E-state index in [-0.39, 0.29) is 10.9 Å². The van der Waals surface area contributed by atoms with Crippen molar-refractivity contribution < 1.29 is 8.42 Å². The summed E-state index contributed by atoms with van der Waals surface area (Å²) in [5.74, 6) is 0.725. The van der Waals surface area contributed by atoms with E-state index in [1.54, 1.807) is 31.3 Å². The molecule has 0 aliphatic carbocycles. The predicted octanol–water partition coefficient (Wildman–Crippen LogP) is 2.28. The first-order chi connectivity index (χ1) is 12.9. The highest BCUT2D eigenvalue weighted by molar-refractivity contribution is 7.89. The van der Waals surface area contributed by atoms with Gasteiger partial charge in [-0.25, -0.2) is 13.1 Å². The number of sulfonamides is 1. The molecule has 0 aliphatic heterocycles. The van der Waals surface area contributed by atoms with Gasteiger partial charge in [-0.1, -0.05) is 42.5 Å². The average molecular weight is 389 g/mol. The number of aryl methyl sites for hydroxylation is 1. The molecule has 6 nitrogen and oxygen atoms in total. The van der Waals surface area contributed by atoms with E-state index in [1.165, 1.54) is 12.6 Å². The topological polar surface area (TPSA) is 82.6 Å². The van der Waals surface area contributed by atoms with Gasteiger partial charge in [0.05, 0.1) is 4.90 Å². The SMILES string of the molecule is CN=C(NCc1ccc(S(=O)(=O)NC)cc1)NC(C)CCc1ccccc1. The molecule has 0 radical (unpaired) electrons. The maximum absolute atomic E-state index is 11.8. The van der Waals surface area contributed by atoms with E-state index in [9.17, 15) is 8.42 Å². The molecule has 1 unspecified atom stereocenters. The van der Waals surface area contributed by atoms with E-state index < -0.39 is 10.0 Å². The van der Waals surface area contributed by atoms with Crippen LogP contribution < -0.4 is 15.4 Å². The van der Waals surface area contributed by atoms with Gasteiger partial charge in [-0.3, -0.25) is 4.99 Å². The first kappa shape index (κ1) is 20.9. The average Bonchev–Trinajstić information content (AvgIpc) is 2.70. The minimum Gasteiger partial charge on any atom is -0.354 e. The Balaban J connectivity index is 1.82. The normalized spacial score (nSPS) is 13.2. The number of nitrogens with one attached hydrogen (secondary N) is 3. The highest BCUT2D eigenvalue weighted by Gasteiger charge is 2.10. The van der Waals surface area contributed by atoms with Gasteiger partial charge in [-0.05, 0) is 50.1 Å². The van der Waals surface area contributed by atoms with Crippen LogP contribution in [0.1, 0.15) is 24.5 Å². The van der Waals surface area contributed by atoms with Crippen LogP contribution in [0.2, 0.25) is 0 Å². The number of aliphatic imine (C=N–C) groups is 1. The minimum atomic E-state index is -3.40. The lowest BCUT2D eigenvalue weighted by Gasteiger charge is -2.18. The molecule has 3 N–H and O–H groups in total. The van der Waals surface area contributed by atoms with Gasteiger partial charge in [-0.2, -0.15) is 0 Å². The fourth-order valence-electron chi connectivity index (χ4n) is 2.62. The number of benzene rings is 2. The first-order valence-corrected chi connectivity index (χ1v) is 10.5. The number of hydrogen-bond donors (Lipinski definition) is 3. The Morgan fingerprint density at radius 3 is 2.30 bits per heavy atom. The fourth-order valence-corrected chi connectivity index (χ4v) is 3.35. The van der Waals surface area contributed by atoms with Crippen molar-refractivity contribution in [1.82, 2.24) is 15.4 Å². The third kappa shape index (κ3) is 6.69. The molecule has 7 heteroatoms. The van der Waals surface area contributed by atoms with Crippen LogP contribution in [0.4, 0.5) is 0 Å². The molecule has 0 bridgehead atoms. The van der Waals surface area contributed by atoms with Gasteiger partial charge in [0.2, 0.25) is 10.0 Å². The van der Waals surface area contributed by atoms with Crippen LogP contribution in [-0.2, 0) is 23.0 Å². The summed E-state index contributed by atoms with van der Waals surface area (Å²) >= 11 is 0. The van der Waals surface area contributed by atoms with Crippen molar-refractivity contribution in [3.8, 4) is 0 Å². The smallest absolute Gasteiger partial charge is 0.240 e. The second kappa shape index (κ2) is 10.1. The van der Waals surface area contributed by atoms with Gasteiger partial charge in [0, 0.05) is 19.6 Å². The molecule has 0 amide bonds. The lowest BCUT2D eigenvalue weighted by atomic mass is 10.1. The second-order valence-electron chi connectivity index (χ2n) is 6.35. The number of nitrogens with zero attached hydrogens (tertiary/aromatic N) is 1. The quantitative estimate of drug-likeness (QED) is 0.479. The molecule has 2 aromatic carbocycles. The molecule has 0 saturated heterocycles. The summed E-state index contributed by atoms with van der Waals surface area (Å²) in [5.41, 5.74) is 2.30. The molecule has 0 aromatic heterocycles. The van der Waals surface area contributed by atoms with Gasteiger partial charge in [-0.15, -0.1) is 0 Å². The van der Waals surface area contributed by atoms with E-state index in [1.807, 2.05) is 6.07 Å². The van der Waals surface area contributed by atoms with E-state index in [2.05, 4.69) is 51.5 Å². The molecule has 1 atom stereocenters. The Morgan fingerprint density at radius 2 is 1.70 bits per heavy atom. The van der Waals surface area contributed by atoms with E-state index >= 15 is 0 Å². The summed E-state index contributed by atoms with van der Waals surface area (Å²) in [7, 11) is -0.262. The molecular formula is C20H28N4O2S. The van der Waals surface area contributed by atoms with Crippen molar-refractivity contribution in [3.05, 3.63) is 65.7 Å². The third-order valence-electron chi connectivity index (χ3n) is 4.28. The Morgan fingerprint density at radius 1 is 1.04 bits per heavy atom. The van der Waals surface area contributed by atoms with Crippen LogP contribution in [0.5, 0.6) is 0 Å². The lowest BCUT2D eigenvalue weighted by Crippen LogP contribution is -2.42. The highest BCUT2D eigenvalue weighted by Crippen LogP contribution is 2.10. The largest absolute Gasteiger partial charge is 0.354 e. The van der Waals surface area contributed by atoms with Gasteiger partial charge in [0.25, 0.3) is 0 Å². The molecule has 27 heavy (non-hydrogen) atoms. The van der Waals surface area contributed by atoms with Gasteiger partial charge < -0.3 is 10.6 Å². The number of rotatable bonds is 8. The van der Waals surface area contributed by atoms with Crippen molar-refractivity contribution in [3.63, 3.8) is 0 Å². The zero-order valence-corrected chi connectivity index (χ0v) is 16.9. The molecule has 146 valence electrons. The highest BCUT2D eigenvalue weighted by atomic mass is 32.2. The third-order valence-corrected chi connectivity index (χ3v) is 5.71. The van der Waals surface area contributed by atoms with E-state index in [0.717, 1.165) is 24.4 Å². The van der Waals surface area contributed by atoms with Gasteiger partial charge in [0.1, 0.15) is 0 Å². The summed E-state index contributed by atoms with van der Waals surface area (Å²) in [6, 6.07) is 17.5. The van der Waals surface area contributed by atoms with Crippen molar-refractivity contribution >= 4 is 16.0 Å². The predicted molar refractivity (Wildman–Crippen MR) is 110 cm³/mol. The monoisotopic (exact) mass is 388 g/mol. The second-order valence-corrected chi connectivity index (χ2v) is 8.23. The zero-order valence-electron chi connectivity index (χ0n) is 16.1. The number of guanidine groups is 1. The van der Waals surface area contributed by atoms with Crippen LogP contribution in [0.3, 0.4) is 0 Å². The maximum Gasteiger partial charge on any atom is 0.240 e. The van der Waals surface area contributed by atoms with Crippen LogP contribution in [0, 0.1) is 0 Å². The van der Waals surface area contributed by atoms with Crippen molar-refractivity contribution in [2.75, 3.05) is 14.1 Å². The Bertz CT molecular complexity index is 834. The van der Waals surface area contributed by atoms with Crippen LogP contribution in [0.15, 0.2) is 64.5 Å². The van der Waals surface area contributed by atoms with E-state index in [4.69, 9.17) is 0 Å². The molecule has 2 rings (SSSR count). The fraction of sp³-hybridized carbons (Fsp3) is 0.350. The van der Waals surface area contributed by atoms with Gasteiger partial charge >= 0.3 is 0 Å². The summed E-state index contributed by atoms with van der Waals surface area (Å²) in [5, 5.41) is 6.65. The molecule has 0 aliphatic rings.